The molecule has 0 amide bonds. The van der Waals surface area contributed by atoms with Crippen molar-refractivity contribution in [3.8, 4) is 0 Å². The number of carbonyl (C=O) groups excluding carboxylic acids is 1. The van der Waals surface area contributed by atoms with Gasteiger partial charge in [-0.25, -0.2) is 0 Å². The maximum Gasteiger partial charge on any atom is 0.144 e. The van der Waals surface area contributed by atoms with Crippen LogP contribution < -0.4 is 0 Å². The highest BCUT2D eigenvalue weighted by atomic mass is 35.5. The molecule has 0 N–H and O–H groups in total. The largest absolute Gasteiger partial charge is 0.299 e. The molecule has 0 aliphatic heterocycles. The zero-order chi connectivity index (χ0) is 16.3. The Labute approximate surface area is 150 Å². The Bertz CT molecular complexity index is 621. The summed E-state index contributed by atoms with van der Waals surface area (Å²) in [6, 6.07) is 20.6. The number of hydrogen-bond acceptors (Lipinski definition) is 3. The lowest BCUT2D eigenvalue weighted by Gasteiger charge is -2.08. The molecule has 2 aromatic carbocycles. The molecule has 0 aliphatic rings. The van der Waals surface area contributed by atoms with Gasteiger partial charge in [0.1, 0.15) is 6.29 Å². The highest BCUT2D eigenvalue weighted by molar-refractivity contribution is 8.21. The zero-order valence-corrected chi connectivity index (χ0v) is 14.9. The van der Waals surface area contributed by atoms with Crippen LogP contribution in [0.15, 0.2) is 82.1 Å². The van der Waals surface area contributed by atoms with Crippen molar-refractivity contribution in [1.82, 2.24) is 0 Å². The van der Waals surface area contributed by atoms with Crippen LogP contribution in [0.2, 0.25) is 0 Å². The SMILES string of the molecule is O=C/C=C(/Cl)C=C(SCc1ccccc1)SCc1ccccc1. The fourth-order valence-electron chi connectivity index (χ4n) is 1.81. The fourth-order valence-corrected chi connectivity index (χ4v) is 4.21. The molecule has 0 bridgehead atoms. The van der Waals surface area contributed by atoms with Crippen LogP contribution in [-0.2, 0) is 16.3 Å². The molecule has 0 atom stereocenters. The fraction of sp³-hybridized carbons (Fsp3) is 0.105. The van der Waals surface area contributed by atoms with E-state index in [4.69, 9.17) is 11.6 Å². The van der Waals surface area contributed by atoms with E-state index in [1.54, 1.807) is 23.5 Å². The highest BCUT2D eigenvalue weighted by Gasteiger charge is 2.03. The number of thioether (sulfide) groups is 2. The third-order valence-corrected chi connectivity index (χ3v) is 5.63. The lowest BCUT2D eigenvalue weighted by Crippen LogP contribution is -1.83. The maximum atomic E-state index is 10.6. The van der Waals surface area contributed by atoms with Gasteiger partial charge in [-0.1, -0.05) is 72.3 Å². The second-order valence-electron chi connectivity index (χ2n) is 4.70. The van der Waals surface area contributed by atoms with Crippen molar-refractivity contribution in [2.24, 2.45) is 0 Å². The van der Waals surface area contributed by atoms with Gasteiger partial charge in [0.2, 0.25) is 0 Å². The van der Waals surface area contributed by atoms with Gasteiger partial charge < -0.3 is 0 Å². The predicted molar refractivity (Wildman–Crippen MR) is 104 cm³/mol. The van der Waals surface area contributed by atoms with Crippen molar-refractivity contribution >= 4 is 41.4 Å². The highest BCUT2D eigenvalue weighted by Crippen LogP contribution is 2.35. The summed E-state index contributed by atoms with van der Waals surface area (Å²) in [5.74, 6) is 1.75. The van der Waals surface area contributed by atoms with Gasteiger partial charge in [0.15, 0.2) is 0 Å². The number of allylic oxidation sites excluding steroid dienone is 3. The lowest BCUT2D eigenvalue weighted by atomic mass is 10.2. The predicted octanol–water partition coefficient (Wildman–Crippen LogP) is 6.02. The Kier molecular flexibility index (Phi) is 8.08. The summed E-state index contributed by atoms with van der Waals surface area (Å²) in [5, 5.41) is 0.455. The third-order valence-electron chi connectivity index (χ3n) is 2.93. The van der Waals surface area contributed by atoms with Crippen LogP contribution in [0.25, 0.3) is 0 Å². The summed E-state index contributed by atoms with van der Waals surface area (Å²) in [6.45, 7) is 0. The number of carbonyl (C=O) groups is 1. The van der Waals surface area contributed by atoms with Crippen molar-refractivity contribution in [3.05, 3.63) is 93.2 Å². The first-order valence-electron chi connectivity index (χ1n) is 7.14. The van der Waals surface area contributed by atoms with Crippen molar-refractivity contribution in [2.75, 3.05) is 0 Å². The van der Waals surface area contributed by atoms with Crippen LogP contribution in [-0.4, -0.2) is 6.29 Å². The second-order valence-corrected chi connectivity index (χ2v) is 7.43. The molecule has 0 fully saturated rings. The summed E-state index contributed by atoms with van der Waals surface area (Å²) in [4.78, 5) is 10.6. The Morgan fingerprint density at radius 3 is 1.78 bits per heavy atom. The lowest BCUT2D eigenvalue weighted by molar-refractivity contribution is -0.104. The van der Waals surface area contributed by atoms with Gasteiger partial charge in [0.05, 0.1) is 0 Å². The van der Waals surface area contributed by atoms with E-state index in [-0.39, 0.29) is 0 Å². The van der Waals surface area contributed by atoms with Crippen LogP contribution in [0, 0.1) is 0 Å². The molecule has 0 aromatic heterocycles. The number of hydrogen-bond donors (Lipinski definition) is 0. The topological polar surface area (TPSA) is 17.1 Å². The molecular weight excluding hydrogens is 344 g/mol. The molecule has 2 rings (SSSR count). The molecule has 2 aromatic rings. The van der Waals surface area contributed by atoms with Crippen LogP contribution in [0.4, 0.5) is 0 Å². The molecule has 118 valence electrons. The number of aldehydes is 1. The van der Waals surface area contributed by atoms with Crippen molar-refractivity contribution < 1.29 is 4.79 Å². The summed E-state index contributed by atoms with van der Waals surface area (Å²) >= 11 is 9.53. The summed E-state index contributed by atoms with van der Waals surface area (Å²) in [6.07, 6.45) is 3.94. The minimum absolute atomic E-state index is 0.455. The van der Waals surface area contributed by atoms with Gasteiger partial charge in [-0.15, -0.1) is 23.5 Å². The van der Waals surface area contributed by atoms with E-state index in [0.717, 1.165) is 15.7 Å². The number of halogens is 1. The van der Waals surface area contributed by atoms with Gasteiger partial charge in [-0.05, 0) is 23.3 Å². The van der Waals surface area contributed by atoms with Gasteiger partial charge in [0.25, 0.3) is 0 Å². The molecule has 0 saturated heterocycles. The van der Waals surface area contributed by atoms with Gasteiger partial charge in [-0.3, -0.25) is 4.79 Å². The molecule has 4 heteroatoms. The normalized spacial score (nSPS) is 11.1. The Morgan fingerprint density at radius 1 is 0.870 bits per heavy atom. The van der Waals surface area contributed by atoms with E-state index < -0.39 is 0 Å². The van der Waals surface area contributed by atoms with Gasteiger partial charge in [0, 0.05) is 20.8 Å². The quantitative estimate of drug-likeness (QED) is 0.325. The van der Waals surface area contributed by atoms with Crippen LogP contribution in [0.1, 0.15) is 11.1 Å². The molecule has 0 radical (unpaired) electrons. The first kappa shape index (κ1) is 17.9. The minimum Gasteiger partial charge on any atom is -0.299 e. The summed E-state index contributed by atoms with van der Waals surface area (Å²) < 4.78 is 1.10. The van der Waals surface area contributed by atoms with E-state index in [1.807, 2.05) is 42.5 Å². The van der Waals surface area contributed by atoms with E-state index in [9.17, 15) is 4.79 Å². The zero-order valence-electron chi connectivity index (χ0n) is 12.5. The molecule has 0 unspecified atom stereocenters. The Morgan fingerprint density at radius 2 is 1.35 bits per heavy atom. The summed E-state index contributed by atoms with van der Waals surface area (Å²) in [5.41, 5.74) is 2.53. The average Bonchev–Trinajstić information content (AvgIpc) is 2.59. The molecule has 0 saturated carbocycles. The molecule has 0 spiro atoms. The number of benzene rings is 2. The van der Waals surface area contributed by atoms with Crippen molar-refractivity contribution in [2.45, 2.75) is 11.5 Å². The average molecular weight is 361 g/mol. The first-order valence-corrected chi connectivity index (χ1v) is 9.49. The van der Waals surface area contributed by atoms with Crippen LogP contribution in [0.3, 0.4) is 0 Å². The molecule has 23 heavy (non-hydrogen) atoms. The van der Waals surface area contributed by atoms with E-state index in [1.165, 1.54) is 17.2 Å². The van der Waals surface area contributed by atoms with Gasteiger partial charge >= 0.3 is 0 Å². The number of rotatable bonds is 8. The standard InChI is InChI=1S/C19H17ClOS2/c20-18(11-12-21)13-19(22-14-16-7-3-1-4-8-16)23-15-17-9-5-2-6-10-17/h1-13H,14-15H2/b18-11+. The van der Waals surface area contributed by atoms with E-state index in [0.29, 0.717) is 11.3 Å². The summed E-state index contributed by atoms with van der Waals surface area (Å²) in [7, 11) is 0. The van der Waals surface area contributed by atoms with Gasteiger partial charge in [-0.2, -0.15) is 0 Å². The third kappa shape index (κ3) is 7.12. The molecule has 0 aliphatic carbocycles. The van der Waals surface area contributed by atoms with Crippen molar-refractivity contribution in [3.63, 3.8) is 0 Å². The second kappa shape index (κ2) is 10.4. The smallest absolute Gasteiger partial charge is 0.144 e. The van der Waals surface area contributed by atoms with E-state index in [2.05, 4.69) is 24.3 Å². The monoisotopic (exact) mass is 360 g/mol. The Balaban J connectivity index is 2.02. The van der Waals surface area contributed by atoms with Crippen LogP contribution in [0.5, 0.6) is 0 Å². The molecule has 1 nitrogen and oxygen atoms in total. The maximum absolute atomic E-state index is 10.6. The first-order chi connectivity index (χ1) is 11.3. The van der Waals surface area contributed by atoms with Crippen molar-refractivity contribution in [1.29, 1.82) is 0 Å². The minimum atomic E-state index is 0.455. The van der Waals surface area contributed by atoms with E-state index >= 15 is 0 Å². The Hall–Kier alpha value is -1.42. The van der Waals surface area contributed by atoms with Crippen LogP contribution >= 0.6 is 35.1 Å². The molecular formula is C19H17ClOS2. The molecule has 0 heterocycles.